The van der Waals surface area contributed by atoms with E-state index in [2.05, 4.69) is 21.4 Å². The average molecular weight is 465 g/mol. The highest BCUT2D eigenvalue weighted by atomic mass is 35.5. The minimum absolute atomic E-state index is 0.00614. The first-order valence-electron chi connectivity index (χ1n) is 11.2. The Bertz CT molecular complexity index is 1260. The number of fused-ring (bicyclic) bond motifs is 2. The number of nitrogens with one attached hydrogen (secondary N) is 1. The monoisotopic (exact) mass is 464 g/mol. The van der Waals surface area contributed by atoms with Gasteiger partial charge in [0.1, 0.15) is 0 Å². The highest BCUT2D eigenvalue weighted by Crippen LogP contribution is 2.38. The van der Waals surface area contributed by atoms with Gasteiger partial charge < -0.3 is 11.1 Å². The predicted octanol–water partition coefficient (Wildman–Crippen LogP) is 7.01. The molecule has 0 amide bonds. The lowest BCUT2D eigenvalue weighted by atomic mass is 9.76. The van der Waals surface area contributed by atoms with Crippen molar-refractivity contribution in [2.75, 3.05) is 11.9 Å². The molecular formula is C26H26Cl2N4. The Morgan fingerprint density at radius 3 is 2.38 bits per heavy atom. The van der Waals surface area contributed by atoms with Gasteiger partial charge in [0.25, 0.3) is 0 Å². The molecule has 5 rings (SSSR count). The van der Waals surface area contributed by atoms with Gasteiger partial charge in [-0.1, -0.05) is 35.7 Å². The largest absolute Gasteiger partial charge is 0.384 e. The third-order valence-corrected chi connectivity index (χ3v) is 7.19. The Labute approximate surface area is 198 Å². The summed E-state index contributed by atoms with van der Waals surface area (Å²) < 4.78 is 0. The van der Waals surface area contributed by atoms with Crippen molar-refractivity contribution in [1.82, 2.24) is 9.97 Å². The molecule has 0 spiro atoms. The number of nitrogens with two attached hydrogens (primary N) is 1. The van der Waals surface area contributed by atoms with Crippen LogP contribution in [0.15, 0.2) is 60.9 Å². The molecule has 1 fully saturated rings. The van der Waals surface area contributed by atoms with Gasteiger partial charge in [0.2, 0.25) is 0 Å². The summed E-state index contributed by atoms with van der Waals surface area (Å²) in [6.07, 6.45) is 8.37. The van der Waals surface area contributed by atoms with Gasteiger partial charge in [-0.25, -0.2) is 0 Å². The number of hydrogen-bond acceptors (Lipinski definition) is 4. The zero-order valence-electron chi connectivity index (χ0n) is 17.8. The summed E-state index contributed by atoms with van der Waals surface area (Å²) in [7, 11) is 0. The van der Waals surface area contributed by atoms with Crippen LogP contribution in [0.3, 0.4) is 0 Å². The Morgan fingerprint density at radius 2 is 1.59 bits per heavy atom. The number of anilines is 1. The molecule has 3 unspecified atom stereocenters. The lowest BCUT2D eigenvalue weighted by Crippen LogP contribution is -2.29. The molecule has 1 saturated carbocycles. The van der Waals surface area contributed by atoms with Gasteiger partial charge in [-0.05, 0) is 79.1 Å². The van der Waals surface area contributed by atoms with Crippen molar-refractivity contribution in [2.24, 2.45) is 17.6 Å². The number of pyridine rings is 2. The third kappa shape index (κ3) is 4.40. The van der Waals surface area contributed by atoms with E-state index in [0.29, 0.717) is 21.9 Å². The molecule has 0 saturated heterocycles. The van der Waals surface area contributed by atoms with E-state index in [1.54, 1.807) is 0 Å². The fourth-order valence-corrected chi connectivity index (χ4v) is 5.39. The molecule has 32 heavy (non-hydrogen) atoms. The van der Waals surface area contributed by atoms with E-state index in [1.807, 2.05) is 54.9 Å². The Morgan fingerprint density at radius 1 is 0.906 bits per heavy atom. The second kappa shape index (κ2) is 9.22. The van der Waals surface area contributed by atoms with Crippen LogP contribution in [0.4, 0.5) is 5.69 Å². The number of hydrogen-bond donors (Lipinski definition) is 2. The predicted molar refractivity (Wildman–Crippen MR) is 134 cm³/mol. The van der Waals surface area contributed by atoms with Crippen molar-refractivity contribution in [3.63, 3.8) is 0 Å². The molecule has 164 valence electrons. The first-order valence-corrected chi connectivity index (χ1v) is 11.9. The van der Waals surface area contributed by atoms with E-state index >= 15 is 0 Å². The summed E-state index contributed by atoms with van der Waals surface area (Å²) in [4.78, 5) is 8.92. The van der Waals surface area contributed by atoms with Crippen LogP contribution < -0.4 is 11.1 Å². The van der Waals surface area contributed by atoms with Crippen LogP contribution in [0.2, 0.25) is 10.0 Å². The van der Waals surface area contributed by atoms with E-state index in [-0.39, 0.29) is 6.04 Å². The first-order chi connectivity index (χ1) is 15.6. The van der Waals surface area contributed by atoms with E-state index < -0.39 is 0 Å². The van der Waals surface area contributed by atoms with Crippen molar-refractivity contribution in [2.45, 2.75) is 31.7 Å². The Balaban J connectivity index is 1.30. The van der Waals surface area contributed by atoms with Gasteiger partial charge >= 0.3 is 0 Å². The number of nitrogens with zero attached hydrogens (tertiary/aromatic N) is 2. The van der Waals surface area contributed by atoms with Crippen LogP contribution in [-0.2, 0) is 0 Å². The molecule has 0 aliphatic heterocycles. The lowest BCUT2D eigenvalue weighted by molar-refractivity contribution is 0.243. The highest BCUT2D eigenvalue weighted by Gasteiger charge is 2.28. The molecule has 1 aliphatic rings. The average Bonchev–Trinajstić information content (AvgIpc) is 2.81. The van der Waals surface area contributed by atoms with Gasteiger partial charge in [0.05, 0.1) is 11.0 Å². The SMILES string of the molecule is NC(c1ccnc2cc(Cl)ccc12)C1CCCC(CNc2ccnc3cc(Cl)ccc23)C1. The smallest absolute Gasteiger partial charge is 0.0737 e. The molecule has 2 aromatic heterocycles. The standard InChI is InChI=1S/C26H26Cl2N4/c27-18-4-6-20-21(8-10-30-24(20)13-18)26(29)17-3-1-2-16(12-17)15-32-23-9-11-31-25-14-19(28)5-7-22(23)25/h4-11,13-14,16-17,26H,1-3,12,15,29H2,(H,31,32). The second-order valence-electron chi connectivity index (χ2n) is 8.78. The quantitative estimate of drug-likeness (QED) is 0.333. The van der Waals surface area contributed by atoms with Gasteiger partial charge in [0, 0.05) is 51.5 Å². The molecule has 4 nitrogen and oxygen atoms in total. The first kappa shape index (κ1) is 21.4. The molecule has 3 N–H and O–H groups in total. The second-order valence-corrected chi connectivity index (χ2v) is 9.65. The van der Waals surface area contributed by atoms with Gasteiger partial charge in [-0.2, -0.15) is 0 Å². The fourth-order valence-electron chi connectivity index (χ4n) is 5.06. The van der Waals surface area contributed by atoms with Crippen LogP contribution in [0.1, 0.15) is 37.3 Å². The molecule has 6 heteroatoms. The minimum atomic E-state index is -0.00614. The summed E-state index contributed by atoms with van der Waals surface area (Å²) in [5.74, 6) is 1.03. The molecule has 2 heterocycles. The minimum Gasteiger partial charge on any atom is -0.384 e. The summed E-state index contributed by atoms with van der Waals surface area (Å²) >= 11 is 12.3. The maximum atomic E-state index is 6.83. The Kier molecular flexibility index (Phi) is 6.18. The topological polar surface area (TPSA) is 63.8 Å². The van der Waals surface area contributed by atoms with Gasteiger partial charge in [-0.15, -0.1) is 0 Å². The molecule has 0 radical (unpaired) electrons. The van der Waals surface area contributed by atoms with Crippen molar-refractivity contribution in [3.05, 3.63) is 76.5 Å². The van der Waals surface area contributed by atoms with Crippen LogP contribution in [0.5, 0.6) is 0 Å². The summed E-state index contributed by atoms with van der Waals surface area (Å²) in [6, 6.07) is 15.8. The maximum Gasteiger partial charge on any atom is 0.0737 e. The number of benzene rings is 2. The van der Waals surface area contributed by atoms with E-state index in [1.165, 1.54) is 18.4 Å². The fraction of sp³-hybridized carbons (Fsp3) is 0.308. The third-order valence-electron chi connectivity index (χ3n) is 6.71. The highest BCUT2D eigenvalue weighted by molar-refractivity contribution is 6.31. The Hall–Kier alpha value is -2.40. The number of rotatable bonds is 5. The van der Waals surface area contributed by atoms with Crippen LogP contribution >= 0.6 is 23.2 Å². The van der Waals surface area contributed by atoms with Crippen molar-refractivity contribution >= 4 is 50.7 Å². The van der Waals surface area contributed by atoms with Crippen LogP contribution in [-0.4, -0.2) is 16.5 Å². The normalized spacial score (nSPS) is 19.8. The molecule has 3 atom stereocenters. The lowest BCUT2D eigenvalue weighted by Gasteiger charge is -2.33. The van der Waals surface area contributed by atoms with Crippen molar-refractivity contribution < 1.29 is 0 Å². The summed E-state index contributed by atoms with van der Waals surface area (Å²) in [5, 5.41) is 7.27. The molecule has 1 aliphatic carbocycles. The molecule has 2 aromatic carbocycles. The van der Waals surface area contributed by atoms with E-state index in [4.69, 9.17) is 28.9 Å². The van der Waals surface area contributed by atoms with Crippen LogP contribution in [0, 0.1) is 11.8 Å². The molecule has 4 aromatic rings. The molecular weight excluding hydrogens is 439 g/mol. The van der Waals surface area contributed by atoms with E-state index in [0.717, 1.165) is 46.9 Å². The zero-order valence-corrected chi connectivity index (χ0v) is 19.3. The van der Waals surface area contributed by atoms with E-state index in [9.17, 15) is 0 Å². The van der Waals surface area contributed by atoms with Crippen molar-refractivity contribution in [3.8, 4) is 0 Å². The number of aromatic nitrogens is 2. The van der Waals surface area contributed by atoms with Crippen LogP contribution in [0.25, 0.3) is 21.8 Å². The number of halogens is 2. The zero-order chi connectivity index (χ0) is 22.1. The van der Waals surface area contributed by atoms with Gasteiger partial charge in [-0.3, -0.25) is 9.97 Å². The summed E-state index contributed by atoms with van der Waals surface area (Å²) in [6.45, 7) is 0.928. The maximum absolute atomic E-state index is 6.83. The molecule has 0 bridgehead atoms. The van der Waals surface area contributed by atoms with Gasteiger partial charge in [0.15, 0.2) is 0 Å². The summed E-state index contributed by atoms with van der Waals surface area (Å²) in [5.41, 5.74) is 10.9. The van der Waals surface area contributed by atoms with Crippen molar-refractivity contribution in [1.29, 1.82) is 0 Å².